The molecule has 0 saturated heterocycles. The van der Waals surface area contributed by atoms with Gasteiger partial charge < -0.3 is 5.11 Å². The maximum Gasteiger partial charge on any atom is 0.133 e. The minimum Gasteiger partial charge on any atom is -0.389 e. The van der Waals surface area contributed by atoms with E-state index in [0.717, 1.165) is 12.1 Å². The van der Waals surface area contributed by atoms with Crippen LogP contribution in [0.5, 0.6) is 0 Å². The molecule has 0 spiro atoms. The van der Waals surface area contributed by atoms with E-state index in [2.05, 4.69) is 6.58 Å². The van der Waals surface area contributed by atoms with E-state index in [1.165, 1.54) is 13.0 Å². The van der Waals surface area contributed by atoms with Crippen molar-refractivity contribution in [3.63, 3.8) is 0 Å². The number of halogens is 2. The third-order valence-corrected chi connectivity index (χ3v) is 1.78. The standard InChI is InChI=1S/C10H10F2O/c1-6(7(2)13)9-4-3-8(11)5-10(9)12/h3-5,7,13H,1H2,2H3. The molecule has 0 aliphatic rings. The van der Waals surface area contributed by atoms with Crippen molar-refractivity contribution in [2.24, 2.45) is 0 Å². The topological polar surface area (TPSA) is 20.2 Å². The van der Waals surface area contributed by atoms with Gasteiger partial charge in [-0.2, -0.15) is 0 Å². The fraction of sp³-hybridized carbons (Fsp3) is 0.200. The molecule has 1 aromatic rings. The maximum atomic E-state index is 13.0. The van der Waals surface area contributed by atoms with Crippen LogP contribution < -0.4 is 0 Å². The molecule has 70 valence electrons. The molecule has 0 aliphatic carbocycles. The van der Waals surface area contributed by atoms with E-state index >= 15 is 0 Å². The van der Waals surface area contributed by atoms with Crippen LogP contribution >= 0.6 is 0 Å². The summed E-state index contributed by atoms with van der Waals surface area (Å²) in [6.45, 7) is 4.98. The van der Waals surface area contributed by atoms with Crippen molar-refractivity contribution < 1.29 is 13.9 Å². The van der Waals surface area contributed by atoms with Crippen molar-refractivity contribution in [3.8, 4) is 0 Å². The molecule has 1 rings (SSSR count). The van der Waals surface area contributed by atoms with E-state index in [9.17, 15) is 8.78 Å². The molecule has 0 amide bonds. The minimum atomic E-state index is -0.833. The van der Waals surface area contributed by atoms with Crippen LogP contribution in [0.3, 0.4) is 0 Å². The molecule has 13 heavy (non-hydrogen) atoms. The fourth-order valence-electron chi connectivity index (χ4n) is 0.975. The monoisotopic (exact) mass is 184 g/mol. The number of aliphatic hydroxyl groups is 1. The Bertz CT molecular complexity index is 332. The second-order valence-electron chi connectivity index (χ2n) is 2.83. The highest BCUT2D eigenvalue weighted by atomic mass is 19.1. The lowest BCUT2D eigenvalue weighted by Crippen LogP contribution is -2.04. The molecule has 0 aromatic heterocycles. The first-order valence-corrected chi connectivity index (χ1v) is 3.84. The zero-order chi connectivity index (χ0) is 10.0. The Kier molecular flexibility index (Phi) is 2.78. The van der Waals surface area contributed by atoms with Gasteiger partial charge in [-0.3, -0.25) is 0 Å². The van der Waals surface area contributed by atoms with E-state index < -0.39 is 17.7 Å². The quantitative estimate of drug-likeness (QED) is 0.748. The second-order valence-corrected chi connectivity index (χ2v) is 2.83. The molecule has 1 N–H and O–H groups in total. The van der Waals surface area contributed by atoms with Gasteiger partial charge in [-0.1, -0.05) is 6.58 Å². The van der Waals surface area contributed by atoms with Gasteiger partial charge in [0, 0.05) is 11.6 Å². The Balaban J connectivity index is 3.09. The highest BCUT2D eigenvalue weighted by molar-refractivity contribution is 5.66. The summed E-state index contributed by atoms with van der Waals surface area (Å²) in [6.07, 6.45) is -0.833. The van der Waals surface area contributed by atoms with Gasteiger partial charge in [0.15, 0.2) is 0 Å². The first-order chi connectivity index (χ1) is 6.02. The maximum absolute atomic E-state index is 13.0. The molecule has 1 aromatic carbocycles. The molecule has 0 heterocycles. The molecule has 1 nitrogen and oxygen atoms in total. The van der Waals surface area contributed by atoms with Crippen molar-refractivity contribution in [3.05, 3.63) is 42.0 Å². The lowest BCUT2D eigenvalue weighted by Gasteiger charge is -2.09. The number of aliphatic hydroxyl groups excluding tert-OH is 1. The van der Waals surface area contributed by atoms with Crippen LogP contribution in [0.4, 0.5) is 8.78 Å². The summed E-state index contributed by atoms with van der Waals surface area (Å²) in [7, 11) is 0. The molecule has 0 aliphatic heterocycles. The smallest absolute Gasteiger partial charge is 0.133 e. The van der Waals surface area contributed by atoms with Gasteiger partial charge in [0.2, 0.25) is 0 Å². The largest absolute Gasteiger partial charge is 0.389 e. The Morgan fingerprint density at radius 3 is 2.54 bits per heavy atom. The van der Waals surface area contributed by atoms with Crippen molar-refractivity contribution in [2.45, 2.75) is 13.0 Å². The molecule has 0 saturated carbocycles. The van der Waals surface area contributed by atoms with Crippen LogP contribution in [0.25, 0.3) is 5.57 Å². The fourth-order valence-corrected chi connectivity index (χ4v) is 0.975. The van der Waals surface area contributed by atoms with Gasteiger partial charge in [0.1, 0.15) is 11.6 Å². The second kappa shape index (κ2) is 3.66. The lowest BCUT2D eigenvalue weighted by atomic mass is 10.0. The van der Waals surface area contributed by atoms with Crippen LogP contribution in [0.1, 0.15) is 12.5 Å². The van der Waals surface area contributed by atoms with Crippen LogP contribution in [-0.4, -0.2) is 11.2 Å². The molecule has 0 bridgehead atoms. The number of hydrogen-bond acceptors (Lipinski definition) is 1. The van der Waals surface area contributed by atoms with Gasteiger partial charge in [0.25, 0.3) is 0 Å². The van der Waals surface area contributed by atoms with Gasteiger partial charge in [-0.25, -0.2) is 8.78 Å². The number of benzene rings is 1. The van der Waals surface area contributed by atoms with E-state index in [-0.39, 0.29) is 11.1 Å². The predicted molar refractivity (Wildman–Crippen MR) is 47.1 cm³/mol. The zero-order valence-electron chi connectivity index (χ0n) is 7.22. The van der Waals surface area contributed by atoms with Crippen molar-refractivity contribution >= 4 is 5.57 Å². The Hall–Kier alpha value is -1.22. The first-order valence-electron chi connectivity index (χ1n) is 3.84. The normalized spacial score (nSPS) is 12.6. The van der Waals surface area contributed by atoms with Crippen molar-refractivity contribution in [2.75, 3.05) is 0 Å². The summed E-state index contributed by atoms with van der Waals surface area (Å²) in [5.74, 6) is -1.34. The van der Waals surface area contributed by atoms with Gasteiger partial charge in [-0.15, -0.1) is 0 Å². The third kappa shape index (κ3) is 2.12. The minimum absolute atomic E-state index is 0.149. The molecule has 3 heteroatoms. The third-order valence-electron chi connectivity index (χ3n) is 1.78. The summed E-state index contributed by atoms with van der Waals surface area (Å²) in [5.41, 5.74) is 0.397. The van der Waals surface area contributed by atoms with Gasteiger partial charge in [0.05, 0.1) is 6.10 Å². The lowest BCUT2D eigenvalue weighted by molar-refractivity contribution is 0.253. The summed E-state index contributed by atoms with van der Waals surface area (Å²) in [5, 5.41) is 9.11. The Morgan fingerprint density at radius 2 is 2.08 bits per heavy atom. The highest BCUT2D eigenvalue weighted by Crippen LogP contribution is 2.20. The summed E-state index contributed by atoms with van der Waals surface area (Å²) >= 11 is 0. The van der Waals surface area contributed by atoms with Crippen LogP contribution in [0.2, 0.25) is 0 Å². The molecular formula is C10H10F2O. The highest BCUT2D eigenvalue weighted by Gasteiger charge is 2.10. The average molecular weight is 184 g/mol. The average Bonchev–Trinajstić information content (AvgIpc) is 2.03. The van der Waals surface area contributed by atoms with Crippen molar-refractivity contribution in [1.29, 1.82) is 0 Å². The molecule has 0 fully saturated rings. The molecule has 0 radical (unpaired) electrons. The Labute approximate surface area is 75.3 Å². The van der Waals surface area contributed by atoms with E-state index in [0.29, 0.717) is 0 Å². The zero-order valence-corrected chi connectivity index (χ0v) is 7.22. The molecular weight excluding hydrogens is 174 g/mol. The van der Waals surface area contributed by atoms with Gasteiger partial charge in [-0.05, 0) is 24.6 Å². The SMILES string of the molecule is C=C(c1ccc(F)cc1F)C(C)O. The summed E-state index contributed by atoms with van der Waals surface area (Å²) in [4.78, 5) is 0. The summed E-state index contributed by atoms with van der Waals surface area (Å²) in [6, 6.07) is 3.16. The van der Waals surface area contributed by atoms with Crippen LogP contribution in [0.15, 0.2) is 24.8 Å². The van der Waals surface area contributed by atoms with E-state index in [1.54, 1.807) is 0 Å². The van der Waals surface area contributed by atoms with E-state index in [1.807, 2.05) is 0 Å². The predicted octanol–water partition coefficient (Wildman–Crippen LogP) is 2.36. The van der Waals surface area contributed by atoms with E-state index in [4.69, 9.17) is 5.11 Å². The van der Waals surface area contributed by atoms with Crippen LogP contribution in [-0.2, 0) is 0 Å². The Morgan fingerprint density at radius 1 is 1.46 bits per heavy atom. The number of rotatable bonds is 2. The summed E-state index contributed by atoms with van der Waals surface area (Å²) < 4.78 is 25.5. The van der Waals surface area contributed by atoms with Gasteiger partial charge >= 0.3 is 0 Å². The number of hydrogen-bond donors (Lipinski definition) is 1. The molecule has 1 atom stereocenters. The first kappa shape index (κ1) is 9.86. The van der Waals surface area contributed by atoms with Crippen molar-refractivity contribution in [1.82, 2.24) is 0 Å². The van der Waals surface area contributed by atoms with Crippen LogP contribution in [0, 0.1) is 11.6 Å². The molecule has 1 unspecified atom stereocenters.